The number of terminal acetylenes is 1. The van der Waals surface area contributed by atoms with Crippen molar-refractivity contribution < 1.29 is 22.7 Å². The largest absolute Gasteiger partial charge is 0.497 e. The fourth-order valence-electron chi connectivity index (χ4n) is 3.72. The number of amides is 1. The normalized spacial score (nSPS) is 17.4. The molecule has 2 heterocycles. The van der Waals surface area contributed by atoms with Crippen molar-refractivity contribution in [2.75, 3.05) is 25.1 Å². The van der Waals surface area contributed by atoms with E-state index in [2.05, 4.69) is 29.7 Å². The lowest BCUT2D eigenvalue weighted by Gasteiger charge is -2.41. The molecule has 2 aromatic rings. The number of methoxy groups -OCH3 is 1. The Bertz CT molecular complexity index is 981. The summed E-state index contributed by atoms with van der Waals surface area (Å²) in [6.45, 7) is 5.54. The van der Waals surface area contributed by atoms with Crippen LogP contribution in [0.5, 0.6) is 5.75 Å². The molecule has 0 unspecified atom stereocenters. The van der Waals surface area contributed by atoms with Crippen LogP contribution in [0.1, 0.15) is 47.7 Å². The van der Waals surface area contributed by atoms with Crippen LogP contribution in [0.15, 0.2) is 23.6 Å². The average molecular weight is 452 g/mol. The molecule has 1 aromatic carbocycles. The molecular weight excluding hydrogens is 427 g/mol. The number of aromatic nitrogens is 1. The second-order valence-corrected chi connectivity index (χ2v) is 8.52. The number of hydrogen-bond acceptors (Lipinski definition) is 5. The van der Waals surface area contributed by atoms with Gasteiger partial charge in [-0.3, -0.25) is 9.69 Å². The maximum atomic E-state index is 13.5. The number of alkyl halides is 3. The number of hydrogen-bond donors (Lipinski definition) is 0. The molecule has 0 spiro atoms. The van der Waals surface area contributed by atoms with E-state index in [4.69, 9.17) is 11.2 Å². The number of piperidine rings is 1. The molecule has 0 radical (unpaired) electrons. The highest BCUT2D eigenvalue weighted by molar-refractivity contribution is 7.10. The number of benzene rings is 1. The third-order valence-corrected chi connectivity index (χ3v) is 6.09. The molecule has 3 rings (SSSR count). The second kappa shape index (κ2) is 9.28. The van der Waals surface area contributed by atoms with Gasteiger partial charge in [-0.1, -0.05) is 0 Å². The van der Waals surface area contributed by atoms with Gasteiger partial charge in [-0.05, 0) is 51.3 Å². The Morgan fingerprint density at radius 1 is 1.39 bits per heavy atom. The maximum Gasteiger partial charge on any atom is 0.416 e. The van der Waals surface area contributed by atoms with Gasteiger partial charge >= 0.3 is 6.18 Å². The van der Waals surface area contributed by atoms with Crippen LogP contribution in [0.3, 0.4) is 0 Å². The summed E-state index contributed by atoms with van der Waals surface area (Å²) in [5, 5.41) is 1.88. The van der Waals surface area contributed by atoms with Crippen molar-refractivity contribution in [2.24, 2.45) is 0 Å². The Hall–Kier alpha value is -2.57. The summed E-state index contributed by atoms with van der Waals surface area (Å²) in [4.78, 5) is 21.3. The number of halogens is 3. The standard InChI is InChI=1S/C22H24F3N3O2S/c1-5-20-26-19(13-31-20)21(29)28(16-7-6-8-27(12-16)14(2)3)17-9-15(22(23,24)25)10-18(11-17)30-4/h1,9-11,13-14,16H,6-8,12H2,2-4H3/t16-/m1/s1. The van der Waals surface area contributed by atoms with Gasteiger partial charge in [-0.25, -0.2) is 4.98 Å². The van der Waals surface area contributed by atoms with Gasteiger partial charge in [0.2, 0.25) is 0 Å². The first-order valence-corrected chi connectivity index (χ1v) is 10.8. The average Bonchev–Trinajstić information content (AvgIpc) is 3.22. The lowest BCUT2D eigenvalue weighted by Crippen LogP contribution is -2.52. The van der Waals surface area contributed by atoms with Crippen molar-refractivity contribution in [1.82, 2.24) is 9.88 Å². The summed E-state index contributed by atoms with van der Waals surface area (Å²) in [6.07, 6.45) is 2.29. The smallest absolute Gasteiger partial charge is 0.416 e. The van der Waals surface area contributed by atoms with Crippen LogP contribution in [0.4, 0.5) is 18.9 Å². The minimum atomic E-state index is -4.58. The first kappa shape index (κ1) is 23.1. The van der Waals surface area contributed by atoms with E-state index in [1.165, 1.54) is 18.1 Å². The molecule has 0 aliphatic carbocycles. The van der Waals surface area contributed by atoms with Crippen molar-refractivity contribution in [3.05, 3.63) is 39.8 Å². The first-order chi connectivity index (χ1) is 14.6. The van der Waals surface area contributed by atoms with Gasteiger partial charge in [0.25, 0.3) is 5.91 Å². The minimum absolute atomic E-state index is 0.0294. The Balaban J connectivity index is 2.09. The monoisotopic (exact) mass is 451 g/mol. The lowest BCUT2D eigenvalue weighted by atomic mass is 10.0. The molecule has 1 aromatic heterocycles. The molecule has 166 valence electrons. The predicted molar refractivity (Wildman–Crippen MR) is 115 cm³/mol. The van der Waals surface area contributed by atoms with Gasteiger partial charge in [0.05, 0.1) is 18.7 Å². The fraction of sp³-hybridized carbons (Fsp3) is 0.455. The molecule has 1 fully saturated rings. The molecule has 1 aliphatic heterocycles. The molecule has 1 saturated heterocycles. The van der Waals surface area contributed by atoms with Gasteiger partial charge in [0.1, 0.15) is 11.4 Å². The number of likely N-dealkylation sites (tertiary alicyclic amines) is 1. The number of rotatable bonds is 5. The van der Waals surface area contributed by atoms with Crippen molar-refractivity contribution in [3.8, 4) is 18.1 Å². The van der Waals surface area contributed by atoms with E-state index in [9.17, 15) is 18.0 Å². The molecule has 0 bridgehead atoms. The highest BCUT2D eigenvalue weighted by atomic mass is 32.1. The maximum absolute atomic E-state index is 13.5. The number of thiazole rings is 1. The van der Waals surface area contributed by atoms with E-state index in [0.29, 0.717) is 18.0 Å². The third-order valence-electron chi connectivity index (χ3n) is 5.32. The molecule has 0 N–H and O–H groups in total. The van der Waals surface area contributed by atoms with Gasteiger partial charge in [-0.15, -0.1) is 17.8 Å². The van der Waals surface area contributed by atoms with Crippen LogP contribution in [-0.2, 0) is 6.18 Å². The Morgan fingerprint density at radius 2 is 2.13 bits per heavy atom. The number of ether oxygens (including phenoxy) is 1. The van der Waals surface area contributed by atoms with E-state index < -0.39 is 17.6 Å². The lowest BCUT2D eigenvalue weighted by molar-refractivity contribution is -0.137. The minimum Gasteiger partial charge on any atom is -0.497 e. The van der Waals surface area contributed by atoms with Crippen LogP contribution in [0.25, 0.3) is 0 Å². The van der Waals surface area contributed by atoms with Crippen LogP contribution in [0.2, 0.25) is 0 Å². The van der Waals surface area contributed by atoms with Crippen LogP contribution in [-0.4, -0.2) is 48.1 Å². The predicted octanol–water partition coefficient (Wildman–Crippen LogP) is 4.67. The van der Waals surface area contributed by atoms with Gasteiger partial charge < -0.3 is 9.64 Å². The number of nitrogens with zero attached hydrogens (tertiary/aromatic N) is 3. The van der Waals surface area contributed by atoms with Gasteiger partial charge in [0.15, 0.2) is 5.01 Å². The summed E-state index contributed by atoms with van der Waals surface area (Å²) >= 11 is 1.15. The fourth-order valence-corrected chi connectivity index (χ4v) is 4.32. The summed E-state index contributed by atoms with van der Waals surface area (Å²) in [5.41, 5.74) is -0.627. The molecule has 31 heavy (non-hydrogen) atoms. The molecule has 5 nitrogen and oxygen atoms in total. The zero-order valence-corrected chi connectivity index (χ0v) is 18.4. The van der Waals surface area contributed by atoms with Crippen LogP contribution in [0, 0.1) is 12.3 Å². The molecule has 1 amide bonds. The molecule has 9 heteroatoms. The second-order valence-electron chi connectivity index (χ2n) is 7.66. The van der Waals surface area contributed by atoms with Crippen molar-refractivity contribution in [1.29, 1.82) is 0 Å². The van der Waals surface area contributed by atoms with Crippen molar-refractivity contribution in [3.63, 3.8) is 0 Å². The summed E-state index contributed by atoms with van der Waals surface area (Å²) in [5.74, 6) is 1.94. The van der Waals surface area contributed by atoms with E-state index in [-0.39, 0.29) is 29.2 Å². The number of anilines is 1. The van der Waals surface area contributed by atoms with Crippen LogP contribution >= 0.6 is 11.3 Å². The summed E-state index contributed by atoms with van der Waals surface area (Å²) in [7, 11) is 1.30. The highest BCUT2D eigenvalue weighted by Crippen LogP contribution is 2.37. The third kappa shape index (κ3) is 5.20. The summed E-state index contributed by atoms with van der Waals surface area (Å²) < 4.78 is 45.7. The number of carbonyl (C=O) groups excluding carboxylic acids is 1. The number of carbonyl (C=O) groups is 1. The first-order valence-electron chi connectivity index (χ1n) is 9.90. The molecule has 0 saturated carbocycles. The van der Waals surface area contributed by atoms with Crippen molar-refractivity contribution in [2.45, 2.75) is 44.9 Å². The van der Waals surface area contributed by atoms with Crippen molar-refractivity contribution >= 4 is 22.9 Å². The van der Waals surface area contributed by atoms with E-state index in [1.54, 1.807) is 5.38 Å². The molecular formula is C22H24F3N3O2S. The van der Waals surface area contributed by atoms with Crippen LogP contribution < -0.4 is 9.64 Å². The van der Waals surface area contributed by atoms with E-state index >= 15 is 0 Å². The topological polar surface area (TPSA) is 45.7 Å². The van der Waals surface area contributed by atoms with E-state index in [1.807, 2.05) is 0 Å². The van der Waals surface area contributed by atoms with Gasteiger partial charge in [0, 0.05) is 29.7 Å². The highest BCUT2D eigenvalue weighted by Gasteiger charge is 2.36. The zero-order chi connectivity index (χ0) is 22.8. The van der Waals surface area contributed by atoms with Gasteiger partial charge in [-0.2, -0.15) is 13.2 Å². The SMILES string of the molecule is C#Cc1nc(C(=O)N(c2cc(OC)cc(C(F)(F)F)c2)[C@@H]2CCCN(C(C)C)C2)cs1. The zero-order valence-electron chi connectivity index (χ0n) is 17.6. The quantitative estimate of drug-likeness (QED) is 0.620. The molecule has 1 atom stereocenters. The molecule has 1 aliphatic rings. The van der Waals surface area contributed by atoms with E-state index in [0.717, 1.165) is 36.4 Å². The Morgan fingerprint density at radius 3 is 2.71 bits per heavy atom. The Kier molecular flexibility index (Phi) is 6.92. The summed E-state index contributed by atoms with van der Waals surface area (Å²) in [6, 6.07) is 3.31. The Labute approximate surface area is 183 Å².